The normalized spacial score (nSPS) is 13.2. The monoisotopic (exact) mass is 732 g/mol. The molecule has 1 fully saturated rings. The van der Waals surface area contributed by atoms with E-state index < -0.39 is 12.5 Å². The first-order valence-corrected chi connectivity index (χ1v) is 17.4. The van der Waals surface area contributed by atoms with Crippen molar-refractivity contribution < 1.29 is 27.8 Å². The highest BCUT2D eigenvalue weighted by Gasteiger charge is 2.33. The lowest BCUT2D eigenvalue weighted by atomic mass is 10.1. The number of nitrogen functional groups attached to an aromatic ring is 2. The van der Waals surface area contributed by atoms with Gasteiger partial charge in [-0.1, -0.05) is 16.0 Å². The smallest absolute Gasteiger partial charge is 0.387 e. The van der Waals surface area contributed by atoms with Gasteiger partial charge in [-0.2, -0.15) is 13.9 Å². The fourth-order valence-corrected chi connectivity index (χ4v) is 8.03. The van der Waals surface area contributed by atoms with Crippen LogP contribution >= 0.6 is 22.7 Å². The number of amides is 2. The first-order chi connectivity index (χ1) is 24.5. The molecule has 0 aromatic carbocycles. The summed E-state index contributed by atoms with van der Waals surface area (Å²) in [5.41, 5.74) is 18.3. The Labute approximate surface area is 297 Å². The van der Waals surface area contributed by atoms with Crippen LogP contribution in [0, 0.1) is 20.8 Å². The molecule has 0 unspecified atom stereocenters. The molecule has 14 nitrogen and oxygen atoms in total. The van der Waals surface area contributed by atoms with Crippen molar-refractivity contribution in [3.63, 3.8) is 0 Å². The maximum Gasteiger partial charge on any atom is 0.387 e. The Hall–Kier alpha value is -5.62. The van der Waals surface area contributed by atoms with Gasteiger partial charge < -0.3 is 31.7 Å². The molecule has 1 saturated heterocycles. The molecule has 0 saturated carbocycles. The molecule has 1 aliphatic rings. The molecule has 7 heterocycles. The van der Waals surface area contributed by atoms with E-state index in [4.69, 9.17) is 16.6 Å². The lowest BCUT2D eigenvalue weighted by Gasteiger charge is -2.41. The number of carbonyl (C=O) groups is 2. The van der Waals surface area contributed by atoms with Crippen LogP contribution in [0.2, 0.25) is 0 Å². The van der Waals surface area contributed by atoms with Crippen molar-refractivity contribution in [3.8, 4) is 5.75 Å². The van der Waals surface area contributed by atoms with E-state index in [9.17, 15) is 18.4 Å². The molecule has 0 aliphatic carbocycles. The molecule has 1 aliphatic heterocycles. The molecule has 0 atom stereocenters. The van der Waals surface area contributed by atoms with E-state index in [0.29, 0.717) is 55.7 Å². The minimum atomic E-state index is -2.96. The number of pyridine rings is 2. The zero-order valence-electron chi connectivity index (χ0n) is 27.6. The van der Waals surface area contributed by atoms with Crippen LogP contribution in [0.3, 0.4) is 0 Å². The van der Waals surface area contributed by atoms with Gasteiger partial charge in [0, 0.05) is 24.7 Å². The molecule has 6 aromatic heterocycles. The summed E-state index contributed by atoms with van der Waals surface area (Å²) in [6.07, 6.45) is 4.68. The minimum absolute atomic E-state index is 0.0264. The zero-order chi connectivity index (χ0) is 36.0. The molecule has 6 N–H and O–H groups in total. The second-order valence-corrected chi connectivity index (χ2v) is 14.0. The van der Waals surface area contributed by atoms with Gasteiger partial charge in [0.25, 0.3) is 16.6 Å². The van der Waals surface area contributed by atoms with Gasteiger partial charge in [-0.05, 0) is 55.7 Å². The Morgan fingerprint density at radius 2 is 1.78 bits per heavy atom. The highest BCUT2D eigenvalue weighted by atomic mass is 32.1. The van der Waals surface area contributed by atoms with Crippen molar-refractivity contribution in [1.82, 2.24) is 35.9 Å². The lowest BCUT2D eigenvalue weighted by Crippen LogP contribution is -2.59. The number of carbonyl (C=O) groups excluding carboxylic acids is 2. The molecule has 0 spiro atoms. The maximum atomic E-state index is 13.5. The largest absolute Gasteiger partial charge is 0.433 e. The predicted octanol–water partition coefficient (Wildman–Crippen LogP) is 3.67. The van der Waals surface area contributed by atoms with Gasteiger partial charge in [0.2, 0.25) is 6.54 Å². The molecular formula is C33H32F2N11O3S2+. The number of alkyl halides is 2. The third kappa shape index (κ3) is 6.54. The number of hydrogen-bond donors (Lipinski definition) is 4. The minimum Gasteiger partial charge on any atom is -0.433 e. The van der Waals surface area contributed by atoms with E-state index in [2.05, 4.69) is 40.4 Å². The highest BCUT2D eigenvalue weighted by Crippen LogP contribution is 2.37. The quantitative estimate of drug-likeness (QED) is 0.150. The van der Waals surface area contributed by atoms with Crippen LogP contribution < -0.4 is 36.4 Å². The molecule has 262 valence electrons. The number of thiophene rings is 2. The van der Waals surface area contributed by atoms with Crippen LogP contribution in [0.15, 0.2) is 42.9 Å². The molecule has 6 aromatic rings. The Kier molecular flexibility index (Phi) is 9.02. The lowest BCUT2D eigenvalue weighted by molar-refractivity contribution is -0.720. The molecule has 51 heavy (non-hydrogen) atoms. The van der Waals surface area contributed by atoms with Gasteiger partial charge in [0.05, 0.1) is 64.4 Å². The third-order valence-electron chi connectivity index (χ3n) is 8.71. The van der Waals surface area contributed by atoms with Crippen LogP contribution in [0.4, 0.5) is 25.8 Å². The standard InChI is InChI=1S/C33H31F2N11O3S2/c1-15-16(2)44-46(32-23(15)25(36)28(51-32)30(48)41-19-12-45(13-19)20-5-4-8-38-10-20)14-22-17(3)42-43-31-24(22)26(37)27(50-31)29(47)40-9-18-6-7-21(11-39-18)49-33(34)35/h4-8,10-11,19,33H,9,12-14H2,1-3H3,(H5-,36,37,40,41,47,48)/p+1. The molecule has 7 rings (SSSR count). The fourth-order valence-electron chi connectivity index (χ4n) is 5.91. The first kappa shape index (κ1) is 33.9. The maximum absolute atomic E-state index is 13.5. The predicted molar refractivity (Wildman–Crippen MR) is 189 cm³/mol. The number of ether oxygens (including phenoxy) is 1. The Balaban J connectivity index is 1.14. The summed E-state index contributed by atoms with van der Waals surface area (Å²) in [5.74, 6) is -0.789. The number of aryl methyl sites for hydroxylation is 3. The summed E-state index contributed by atoms with van der Waals surface area (Å²) < 4.78 is 31.0. The van der Waals surface area contributed by atoms with Gasteiger partial charge >= 0.3 is 6.61 Å². The third-order valence-corrected chi connectivity index (χ3v) is 11.0. The number of nitrogens with zero attached hydrogens (tertiary/aromatic N) is 7. The van der Waals surface area contributed by atoms with Crippen LogP contribution in [0.25, 0.3) is 20.4 Å². The van der Waals surface area contributed by atoms with Crippen molar-refractivity contribution in [2.75, 3.05) is 29.5 Å². The summed E-state index contributed by atoms with van der Waals surface area (Å²) in [6, 6.07) is 6.65. The summed E-state index contributed by atoms with van der Waals surface area (Å²) in [4.78, 5) is 39.0. The number of halogens is 2. The van der Waals surface area contributed by atoms with E-state index in [-0.39, 0.29) is 41.4 Å². The van der Waals surface area contributed by atoms with Crippen LogP contribution in [0.5, 0.6) is 5.75 Å². The van der Waals surface area contributed by atoms with E-state index in [1.54, 1.807) is 24.0 Å². The zero-order valence-corrected chi connectivity index (χ0v) is 29.2. The van der Waals surface area contributed by atoms with Gasteiger partial charge in [-0.25, -0.2) is 0 Å². The summed E-state index contributed by atoms with van der Waals surface area (Å²) in [6.45, 7) is 4.23. The van der Waals surface area contributed by atoms with E-state index >= 15 is 0 Å². The Morgan fingerprint density at radius 1 is 1.02 bits per heavy atom. The number of fused-ring (bicyclic) bond motifs is 2. The molecule has 2 amide bonds. The Bertz CT molecular complexity index is 2290. The first-order valence-electron chi connectivity index (χ1n) is 15.8. The molecule has 18 heteroatoms. The van der Waals surface area contributed by atoms with Crippen molar-refractivity contribution in [2.45, 2.75) is 46.5 Å². The summed E-state index contributed by atoms with van der Waals surface area (Å²) in [7, 11) is 0. The summed E-state index contributed by atoms with van der Waals surface area (Å²) >= 11 is 2.37. The molecule has 0 radical (unpaired) electrons. The molecule has 0 bridgehead atoms. The highest BCUT2D eigenvalue weighted by molar-refractivity contribution is 7.21. The van der Waals surface area contributed by atoms with Crippen LogP contribution in [-0.2, 0) is 13.1 Å². The Morgan fingerprint density at radius 3 is 2.49 bits per heavy atom. The van der Waals surface area contributed by atoms with Gasteiger partial charge in [0.1, 0.15) is 26.0 Å². The van der Waals surface area contributed by atoms with Crippen molar-refractivity contribution >= 4 is 72.0 Å². The second kappa shape index (κ2) is 13.6. The van der Waals surface area contributed by atoms with Crippen molar-refractivity contribution in [3.05, 3.63) is 80.8 Å². The van der Waals surface area contributed by atoms with Gasteiger partial charge in [-0.3, -0.25) is 19.6 Å². The van der Waals surface area contributed by atoms with Crippen LogP contribution in [0.1, 0.15) is 47.6 Å². The fraction of sp³-hybridized carbons (Fsp3) is 0.273. The average Bonchev–Trinajstić information content (AvgIpc) is 3.62. The van der Waals surface area contributed by atoms with Crippen LogP contribution in [-0.4, -0.2) is 62.8 Å². The number of hydrogen-bond acceptors (Lipinski definition) is 13. The van der Waals surface area contributed by atoms with Gasteiger partial charge in [0.15, 0.2) is 0 Å². The average molecular weight is 733 g/mol. The molecular weight excluding hydrogens is 701 g/mol. The summed E-state index contributed by atoms with van der Waals surface area (Å²) in [5, 5.41) is 20.7. The van der Waals surface area contributed by atoms with E-state index in [0.717, 1.165) is 39.9 Å². The van der Waals surface area contributed by atoms with Crippen molar-refractivity contribution in [1.29, 1.82) is 0 Å². The van der Waals surface area contributed by atoms with Gasteiger partial charge in [-0.15, -0.1) is 16.4 Å². The topological polar surface area (TPSA) is 191 Å². The SMILES string of the molecule is Cc1nnc2sc(C(=O)NCc3ccc(OC(F)F)cn3)c(N)c2c1C[n+]1nc(C)c(C)c2c(N)c(C(=O)NC3CN(c4cccnc4)C3)sc21. The van der Waals surface area contributed by atoms with Crippen molar-refractivity contribution in [2.24, 2.45) is 0 Å². The second-order valence-electron chi connectivity index (χ2n) is 12.0. The number of nitrogens with two attached hydrogens (primary N) is 2. The number of anilines is 3. The number of aromatic nitrogens is 6. The number of rotatable bonds is 10. The number of nitrogens with one attached hydrogen (secondary N) is 2. The van der Waals surface area contributed by atoms with E-state index in [1.807, 2.05) is 26.0 Å². The van der Waals surface area contributed by atoms with E-state index in [1.165, 1.54) is 23.5 Å².